The van der Waals surface area contributed by atoms with Crippen LogP contribution in [0.2, 0.25) is 0 Å². The monoisotopic (exact) mass is 476 g/mol. The van der Waals surface area contributed by atoms with Gasteiger partial charge in [-0.15, -0.1) is 24.0 Å². The lowest BCUT2D eigenvalue weighted by molar-refractivity contribution is 0.0677. The van der Waals surface area contributed by atoms with Crippen LogP contribution in [-0.2, 0) is 15.6 Å². The number of nitrogens with zero attached hydrogens (tertiary/aromatic N) is 1. The number of hydrogen-bond donors (Lipinski definition) is 4. The third kappa shape index (κ3) is 9.45. The molecule has 0 spiro atoms. The third-order valence-corrected chi connectivity index (χ3v) is 4.23. The Morgan fingerprint density at radius 3 is 2.61 bits per heavy atom. The molecule has 23 heavy (non-hydrogen) atoms. The van der Waals surface area contributed by atoms with E-state index < -0.39 is 15.6 Å². The highest BCUT2D eigenvalue weighted by Crippen LogP contribution is 2.23. The molecule has 0 saturated heterocycles. The van der Waals surface area contributed by atoms with E-state index in [-0.39, 0.29) is 37.1 Å². The second-order valence-corrected chi connectivity index (χ2v) is 7.69. The summed E-state index contributed by atoms with van der Waals surface area (Å²) < 4.78 is 24.3. The highest BCUT2D eigenvalue weighted by atomic mass is 127. The number of guanidine groups is 1. The van der Waals surface area contributed by atoms with Gasteiger partial charge in [-0.25, -0.2) is 18.1 Å². The lowest BCUT2D eigenvalue weighted by Gasteiger charge is -2.21. The van der Waals surface area contributed by atoms with Crippen molar-refractivity contribution < 1.29 is 13.5 Å². The van der Waals surface area contributed by atoms with Crippen molar-refractivity contribution in [3.8, 4) is 0 Å². The quantitative estimate of drug-likeness (QED) is 0.191. The van der Waals surface area contributed by atoms with Crippen LogP contribution in [0.15, 0.2) is 21.8 Å². The molecule has 0 aliphatic heterocycles. The number of hydrogen-bond acceptors (Lipinski definition) is 5. The zero-order valence-electron chi connectivity index (χ0n) is 13.5. The fraction of sp³-hybridized carbons (Fsp3) is 0.615. The molecule has 1 unspecified atom stereocenters. The van der Waals surface area contributed by atoms with Gasteiger partial charge in [-0.1, -0.05) is 0 Å². The van der Waals surface area contributed by atoms with E-state index in [4.69, 9.17) is 0 Å². The molecule has 0 fully saturated rings. The van der Waals surface area contributed by atoms with Crippen LogP contribution in [0.3, 0.4) is 0 Å². The molecule has 1 atom stereocenters. The normalized spacial score (nSPS) is 14.7. The maximum absolute atomic E-state index is 11.0. The van der Waals surface area contributed by atoms with Crippen molar-refractivity contribution in [3.63, 3.8) is 0 Å². The number of aliphatic hydroxyl groups is 1. The second kappa shape index (κ2) is 10.4. The van der Waals surface area contributed by atoms with Crippen molar-refractivity contribution in [1.29, 1.82) is 0 Å². The predicted octanol–water partition coefficient (Wildman–Crippen LogP) is 0.678. The van der Waals surface area contributed by atoms with Gasteiger partial charge in [-0.2, -0.15) is 11.3 Å². The maximum Gasteiger partial charge on any atom is 0.208 e. The number of nitrogens with one attached hydrogen (secondary N) is 3. The first-order valence-corrected chi connectivity index (χ1v) is 9.80. The minimum Gasteiger partial charge on any atom is -0.383 e. The molecular formula is C13H25IN4O3S2. The van der Waals surface area contributed by atoms with Gasteiger partial charge < -0.3 is 15.7 Å². The predicted molar refractivity (Wildman–Crippen MR) is 106 cm³/mol. The average molecular weight is 476 g/mol. The molecule has 1 rings (SSSR count). The molecule has 0 aliphatic rings. The van der Waals surface area contributed by atoms with Crippen LogP contribution in [0.4, 0.5) is 0 Å². The van der Waals surface area contributed by atoms with Crippen LogP contribution in [0.5, 0.6) is 0 Å². The van der Waals surface area contributed by atoms with Crippen molar-refractivity contribution in [3.05, 3.63) is 22.4 Å². The molecule has 0 aromatic carbocycles. The standard InChI is InChI=1S/C13H24N4O3S2.HI/c1-4-14-12(15-6-7-17-22(3,19)20)16-10-13(2,18)11-5-8-21-9-11;/h5,8-9,17-18H,4,6-7,10H2,1-3H3,(H2,14,15,16);1H. The zero-order valence-corrected chi connectivity index (χ0v) is 17.5. The molecule has 0 saturated carbocycles. The van der Waals surface area contributed by atoms with Gasteiger partial charge >= 0.3 is 0 Å². The number of thiophene rings is 1. The van der Waals surface area contributed by atoms with E-state index in [2.05, 4.69) is 20.3 Å². The van der Waals surface area contributed by atoms with Gasteiger partial charge in [0, 0.05) is 19.6 Å². The average Bonchev–Trinajstić information content (AvgIpc) is 2.94. The molecule has 1 aromatic rings. The molecular weight excluding hydrogens is 451 g/mol. The van der Waals surface area contributed by atoms with E-state index in [1.165, 1.54) is 11.3 Å². The molecule has 0 radical (unpaired) electrons. The largest absolute Gasteiger partial charge is 0.383 e. The van der Waals surface area contributed by atoms with E-state index in [1.807, 2.05) is 23.8 Å². The molecule has 0 amide bonds. The smallest absolute Gasteiger partial charge is 0.208 e. The minimum atomic E-state index is -3.19. The van der Waals surface area contributed by atoms with Gasteiger partial charge in [0.1, 0.15) is 5.60 Å². The van der Waals surface area contributed by atoms with Gasteiger partial charge in [0.15, 0.2) is 5.96 Å². The van der Waals surface area contributed by atoms with Crippen LogP contribution in [-0.4, -0.2) is 51.9 Å². The van der Waals surface area contributed by atoms with Crippen LogP contribution < -0.4 is 15.4 Å². The van der Waals surface area contributed by atoms with Crippen molar-refractivity contribution in [2.45, 2.75) is 19.4 Å². The van der Waals surface area contributed by atoms with Crippen LogP contribution >= 0.6 is 35.3 Å². The topological polar surface area (TPSA) is 103 Å². The number of aliphatic imine (C=N–C) groups is 1. The van der Waals surface area contributed by atoms with Gasteiger partial charge in [0.05, 0.1) is 12.8 Å². The van der Waals surface area contributed by atoms with Gasteiger partial charge in [-0.3, -0.25) is 0 Å². The Morgan fingerprint density at radius 2 is 2.09 bits per heavy atom. The zero-order chi connectivity index (χ0) is 16.6. The summed E-state index contributed by atoms with van der Waals surface area (Å²) in [5.41, 5.74) is -0.205. The molecule has 1 heterocycles. The number of sulfonamides is 1. The van der Waals surface area contributed by atoms with E-state index in [0.29, 0.717) is 19.0 Å². The third-order valence-electron chi connectivity index (χ3n) is 2.81. The minimum absolute atomic E-state index is 0. The van der Waals surface area contributed by atoms with Crippen molar-refractivity contribution in [1.82, 2.24) is 15.4 Å². The van der Waals surface area contributed by atoms with Crippen molar-refractivity contribution >= 4 is 51.3 Å². The van der Waals surface area contributed by atoms with Crippen LogP contribution in [0, 0.1) is 0 Å². The summed E-state index contributed by atoms with van der Waals surface area (Å²) in [5.74, 6) is 0.535. The number of halogens is 1. The molecule has 4 N–H and O–H groups in total. The molecule has 0 aliphatic carbocycles. The van der Waals surface area contributed by atoms with E-state index in [0.717, 1.165) is 11.8 Å². The molecule has 7 nitrogen and oxygen atoms in total. The Kier molecular flexibility index (Phi) is 10.2. The summed E-state index contributed by atoms with van der Waals surface area (Å²) in [6, 6.07) is 1.87. The summed E-state index contributed by atoms with van der Waals surface area (Å²) in [6.45, 7) is 5.20. The fourth-order valence-electron chi connectivity index (χ4n) is 1.65. The van der Waals surface area contributed by atoms with Crippen LogP contribution in [0.1, 0.15) is 19.4 Å². The Bertz CT molecular complexity index is 574. The maximum atomic E-state index is 11.0. The lowest BCUT2D eigenvalue weighted by Crippen LogP contribution is -2.42. The Morgan fingerprint density at radius 1 is 1.39 bits per heavy atom. The lowest BCUT2D eigenvalue weighted by atomic mass is 10.00. The summed E-state index contributed by atoms with van der Waals surface area (Å²) in [4.78, 5) is 4.35. The first kappa shape index (κ1) is 22.6. The first-order valence-electron chi connectivity index (χ1n) is 6.96. The molecule has 0 bridgehead atoms. The first-order chi connectivity index (χ1) is 10.2. The van der Waals surface area contributed by atoms with E-state index in [1.54, 1.807) is 6.92 Å². The molecule has 134 valence electrons. The van der Waals surface area contributed by atoms with Gasteiger partial charge in [-0.05, 0) is 36.2 Å². The van der Waals surface area contributed by atoms with Crippen molar-refractivity contribution in [2.24, 2.45) is 4.99 Å². The number of rotatable bonds is 8. The molecule has 10 heteroatoms. The Balaban J connectivity index is 0.00000484. The summed E-state index contributed by atoms with van der Waals surface area (Å²) in [7, 11) is -3.19. The summed E-state index contributed by atoms with van der Waals surface area (Å²) >= 11 is 1.53. The highest BCUT2D eigenvalue weighted by molar-refractivity contribution is 14.0. The Hall–Kier alpha value is -0.430. The summed E-state index contributed by atoms with van der Waals surface area (Å²) in [5, 5.41) is 20.3. The molecule has 1 aromatic heterocycles. The van der Waals surface area contributed by atoms with Gasteiger partial charge in [0.2, 0.25) is 10.0 Å². The SMILES string of the molecule is CCNC(=NCC(C)(O)c1ccsc1)NCCNS(C)(=O)=O.I. The highest BCUT2D eigenvalue weighted by Gasteiger charge is 2.23. The second-order valence-electron chi connectivity index (χ2n) is 5.07. The van der Waals surface area contributed by atoms with Gasteiger partial charge in [0.25, 0.3) is 0 Å². The Labute approximate surface area is 159 Å². The van der Waals surface area contributed by atoms with E-state index in [9.17, 15) is 13.5 Å². The van der Waals surface area contributed by atoms with Crippen molar-refractivity contribution in [2.75, 3.05) is 32.4 Å². The van der Waals surface area contributed by atoms with E-state index >= 15 is 0 Å². The fourth-order valence-corrected chi connectivity index (χ4v) is 2.91. The summed E-state index contributed by atoms with van der Waals surface area (Å²) in [6.07, 6.45) is 1.12. The van der Waals surface area contributed by atoms with Crippen LogP contribution in [0.25, 0.3) is 0 Å².